The number of benzene rings is 1. The lowest BCUT2D eigenvalue weighted by Crippen LogP contribution is -2.44. The summed E-state index contributed by atoms with van der Waals surface area (Å²) in [7, 11) is 0. The van der Waals surface area contributed by atoms with Crippen molar-refractivity contribution in [2.75, 3.05) is 5.32 Å². The van der Waals surface area contributed by atoms with Crippen LogP contribution in [0.1, 0.15) is 39.4 Å². The van der Waals surface area contributed by atoms with Crippen molar-refractivity contribution in [1.29, 1.82) is 0 Å². The van der Waals surface area contributed by atoms with E-state index in [4.69, 9.17) is 5.73 Å². The summed E-state index contributed by atoms with van der Waals surface area (Å²) in [5, 5.41) is 3.52. The molecule has 1 aliphatic carbocycles. The third-order valence-electron chi connectivity index (χ3n) is 3.74. The van der Waals surface area contributed by atoms with Crippen molar-refractivity contribution in [3.63, 3.8) is 0 Å². The predicted octanol–water partition coefficient (Wildman–Crippen LogP) is 2.76. The third kappa shape index (κ3) is 2.45. The molecule has 4 N–H and O–H groups in total. The highest BCUT2D eigenvalue weighted by Crippen LogP contribution is 2.26. The van der Waals surface area contributed by atoms with Gasteiger partial charge in [-0.15, -0.1) is 0 Å². The summed E-state index contributed by atoms with van der Waals surface area (Å²) in [4.78, 5) is 8.07. The molecule has 4 heteroatoms. The van der Waals surface area contributed by atoms with E-state index in [2.05, 4.69) is 54.3 Å². The van der Waals surface area contributed by atoms with Gasteiger partial charge in [0.25, 0.3) is 0 Å². The molecular formula is C15H22N4. The Kier molecular flexibility index (Phi) is 2.78. The molecule has 1 aromatic heterocycles. The van der Waals surface area contributed by atoms with Gasteiger partial charge in [-0.05, 0) is 31.0 Å². The van der Waals surface area contributed by atoms with Crippen LogP contribution in [0, 0.1) is 0 Å². The van der Waals surface area contributed by atoms with Crippen LogP contribution in [0.2, 0.25) is 0 Å². The molecule has 2 aromatic rings. The summed E-state index contributed by atoms with van der Waals surface area (Å²) >= 11 is 0. The second-order valence-corrected chi connectivity index (χ2v) is 6.64. The fraction of sp³-hybridized carbons (Fsp3) is 0.533. The number of fused-ring (bicyclic) bond motifs is 1. The van der Waals surface area contributed by atoms with Crippen LogP contribution in [0.5, 0.6) is 0 Å². The second kappa shape index (κ2) is 4.23. The fourth-order valence-corrected chi connectivity index (χ4v) is 2.47. The lowest BCUT2D eigenvalue weighted by Gasteiger charge is -2.33. The van der Waals surface area contributed by atoms with E-state index in [1.807, 2.05) is 0 Å². The van der Waals surface area contributed by atoms with Gasteiger partial charge in [0.05, 0.1) is 11.0 Å². The summed E-state index contributed by atoms with van der Waals surface area (Å²) < 4.78 is 0. The molecule has 0 bridgehead atoms. The highest BCUT2D eigenvalue weighted by atomic mass is 15.0. The van der Waals surface area contributed by atoms with E-state index < -0.39 is 0 Å². The first-order valence-corrected chi connectivity index (χ1v) is 6.94. The van der Waals surface area contributed by atoms with Crippen molar-refractivity contribution in [3.8, 4) is 0 Å². The van der Waals surface area contributed by atoms with Crippen molar-refractivity contribution in [2.45, 2.75) is 51.1 Å². The molecule has 1 saturated carbocycles. The summed E-state index contributed by atoms with van der Waals surface area (Å²) in [6.07, 6.45) is 2.13. The summed E-state index contributed by atoms with van der Waals surface area (Å²) in [6.45, 7) is 6.50. The van der Waals surface area contributed by atoms with Gasteiger partial charge in [-0.2, -0.15) is 0 Å². The van der Waals surface area contributed by atoms with E-state index >= 15 is 0 Å². The number of nitrogens with one attached hydrogen (secondary N) is 2. The highest BCUT2D eigenvalue weighted by molar-refractivity contribution is 5.79. The molecule has 1 aromatic carbocycles. The number of nitrogens with zero attached hydrogens (tertiary/aromatic N) is 1. The molecular weight excluding hydrogens is 236 g/mol. The molecule has 0 atom stereocenters. The van der Waals surface area contributed by atoms with Gasteiger partial charge in [-0.25, -0.2) is 4.98 Å². The van der Waals surface area contributed by atoms with Gasteiger partial charge in [0.2, 0.25) is 0 Å². The van der Waals surface area contributed by atoms with Crippen LogP contribution in [0.3, 0.4) is 0 Å². The van der Waals surface area contributed by atoms with E-state index in [9.17, 15) is 0 Å². The van der Waals surface area contributed by atoms with Gasteiger partial charge < -0.3 is 16.0 Å². The minimum Gasteiger partial charge on any atom is -0.382 e. The Morgan fingerprint density at radius 1 is 1.32 bits per heavy atom. The number of aromatic amines is 1. The van der Waals surface area contributed by atoms with Gasteiger partial charge in [0, 0.05) is 23.2 Å². The average molecular weight is 258 g/mol. The minimum atomic E-state index is 0.0490. The molecule has 102 valence electrons. The van der Waals surface area contributed by atoms with Crippen molar-refractivity contribution >= 4 is 16.7 Å². The molecule has 1 aliphatic rings. The fourth-order valence-electron chi connectivity index (χ4n) is 2.47. The Bertz CT molecular complexity index is 588. The maximum Gasteiger partial charge on any atom is 0.112 e. The Hall–Kier alpha value is -1.55. The zero-order valence-corrected chi connectivity index (χ0v) is 11.8. The molecule has 4 nitrogen and oxygen atoms in total. The van der Waals surface area contributed by atoms with Crippen molar-refractivity contribution in [2.24, 2.45) is 5.73 Å². The molecule has 0 amide bonds. The van der Waals surface area contributed by atoms with Gasteiger partial charge >= 0.3 is 0 Å². The monoisotopic (exact) mass is 258 g/mol. The van der Waals surface area contributed by atoms with Crippen molar-refractivity contribution in [3.05, 3.63) is 24.0 Å². The van der Waals surface area contributed by atoms with Crippen LogP contribution in [-0.2, 0) is 5.41 Å². The lowest BCUT2D eigenvalue weighted by atomic mass is 9.87. The second-order valence-electron chi connectivity index (χ2n) is 6.64. The molecule has 0 radical (unpaired) electrons. The van der Waals surface area contributed by atoms with Gasteiger partial charge in [-0.3, -0.25) is 0 Å². The molecule has 19 heavy (non-hydrogen) atoms. The Morgan fingerprint density at radius 2 is 2.05 bits per heavy atom. The first-order chi connectivity index (χ1) is 8.91. The van der Waals surface area contributed by atoms with Crippen LogP contribution < -0.4 is 11.1 Å². The van der Waals surface area contributed by atoms with Crippen LogP contribution in [0.4, 0.5) is 5.69 Å². The smallest absolute Gasteiger partial charge is 0.112 e. The molecule has 1 heterocycles. The van der Waals surface area contributed by atoms with Crippen LogP contribution in [0.25, 0.3) is 11.0 Å². The average Bonchev–Trinajstić information content (AvgIpc) is 2.69. The number of hydrogen-bond acceptors (Lipinski definition) is 3. The molecule has 0 aliphatic heterocycles. The van der Waals surface area contributed by atoms with Gasteiger partial charge in [0.1, 0.15) is 5.82 Å². The largest absolute Gasteiger partial charge is 0.382 e. The SMILES string of the molecule is CC(C)(C)c1nc2ccc(NC3CC(N)C3)cc2[nH]1. The minimum absolute atomic E-state index is 0.0490. The maximum absolute atomic E-state index is 5.81. The molecule has 1 fully saturated rings. The van der Waals surface area contributed by atoms with E-state index in [1.165, 1.54) is 0 Å². The highest BCUT2D eigenvalue weighted by Gasteiger charge is 2.25. The molecule has 3 rings (SSSR count). The standard InChI is InChI=1S/C15H22N4/c1-15(2,3)14-18-12-5-4-10(8-13(12)19-14)17-11-6-9(16)7-11/h4-5,8-9,11,17H,6-7,16H2,1-3H3,(H,18,19). The Morgan fingerprint density at radius 3 is 2.68 bits per heavy atom. The van der Waals surface area contributed by atoms with E-state index in [0.29, 0.717) is 12.1 Å². The summed E-state index contributed by atoms with van der Waals surface area (Å²) in [6, 6.07) is 7.21. The molecule has 0 unspecified atom stereocenters. The zero-order valence-electron chi connectivity index (χ0n) is 11.8. The van der Waals surface area contributed by atoms with Crippen LogP contribution in [0.15, 0.2) is 18.2 Å². The Balaban J connectivity index is 1.84. The number of hydrogen-bond donors (Lipinski definition) is 3. The first kappa shape index (κ1) is 12.5. The number of anilines is 1. The number of imidazole rings is 1. The van der Waals surface area contributed by atoms with Crippen LogP contribution >= 0.6 is 0 Å². The third-order valence-corrected chi connectivity index (χ3v) is 3.74. The molecule has 0 spiro atoms. The predicted molar refractivity (Wildman–Crippen MR) is 79.4 cm³/mol. The normalized spacial score (nSPS) is 23.4. The van der Waals surface area contributed by atoms with Gasteiger partial charge in [-0.1, -0.05) is 20.8 Å². The van der Waals surface area contributed by atoms with E-state index in [0.717, 1.165) is 35.4 Å². The topological polar surface area (TPSA) is 66.7 Å². The summed E-state index contributed by atoms with van der Waals surface area (Å²) in [5.41, 5.74) is 9.13. The quantitative estimate of drug-likeness (QED) is 0.776. The number of rotatable bonds is 2. The number of nitrogens with two attached hydrogens (primary N) is 1. The van der Waals surface area contributed by atoms with E-state index in [-0.39, 0.29) is 5.41 Å². The lowest BCUT2D eigenvalue weighted by molar-refractivity contribution is 0.374. The summed E-state index contributed by atoms with van der Waals surface area (Å²) in [5.74, 6) is 1.03. The van der Waals surface area contributed by atoms with Gasteiger partial charge in [0.15, 0.2) is 0 Å². The van der Waals surface area contributed by atoms with Crippen LogP contribution in [-0.4, -0.2) is 22.1 Å². The number of H-pyrrole nitrogens is 1. The van der Waals surface area contributed by atoms with E-state index in [1.54, 1.807) is 0 Å². The Labute approximate surface area is 113 Å². The number of aromatic nitrogens is 2. The first-order valence-electron chi connectivity index (χ1n) is 6.94. The zero-order chi connectivity index (χ0) is 13.6. The van der Waals surface area contributed by atoms with Crippen molar-refractivity contribution in [1.82, 2.24) is 9.97 Å². The maximum atomic E-state index is 5.81. The molecule has 0 saturated heterocycles. The van der Waals surface area contributed by atoms with Crippen molar-refractivity contribution < 1.29 is 0 Å².